The molecule has 6 nitrogen and oxygen atoms in total. The lowest BCUT2D eigenvalue weighted by atomic mass is 10.0. The number of rotatable bonds is 3. The average molecular weight is 393 g/mol. The van der Waals surface area contributed by atoms with Gasteiger partial charge in [-0.2, -0.15) is 5.10 Å². The molecule has 1 fully saturated rings. The maximum absolute atomic E-state index is 13.4. The zero-order chi connectivity index (χ0) is 20.3. The van der Waals surface area contributed by atoms with Crippen molar-refractivity contribution in [2.75, 3.05) is 5.32 Å². The second-order valence-electron chi connectivity index (χ2n) is 6.87. The number of pyridine rings is 2. The van der Waals surface area contributed by atoms with Crippen LogP contribution in [0.1, 0.15) is 52.5 Å². The van der Waals surface area contributed by atoms with Crippen molar-refractivity contribution in [3.05, 3.63) is 71.6 Å². The minimum absolute atomic E-state index is 0.111. The number of nitrogens with one attached hydrogen (secondary N) is 2. The maximum Gasteiger partial charge on any atom is 0.275 e. The number of carbonyl (C=O) groups is 1. The van der Waals surface area contributed by atoms with Gasteiger partial charge in [0.2, 0.25) is 5.92 Å². The molecule has 0 aromatic carbocycles. The fourth-order valence-corrected chi connectivity index (χ4v) is 3.25. The molecule has 1 saturated carbocycles. The molecule has 2 N–H and O–H groups in total. The van der Waals surface area contributed by atoms with E-state index in [2.05, 4.69) is 37.3 Å². The smallest absolute Gasteiger partial charge is 0.275 e. The van der Waals surface area contributed by atoms with Gasteiger partial charge in [0.25, 0.3) is 5.91 Å². The molecule has 29 heavy (non-hydrogen) atoms. The van der Waals surface area contributed by atoms with E-state index in [-0.39, 0.29) is 24.5 Å². The van der Waals surface area contributed by atoms with Gasteiger partial charge in [-0.1, -0.05) is 11.8 Å². The Morgan fingerprint density at radius 2 is 2.10 bits per heavy atom. The molecule has 0 saturated heterocycles. The summed E-state index contributed by atoms with van der Waals surface area (Å²) in [4.78, 5) is 20.8. The van der Waals surface area contributed by atoms with E-state index in [0.29, 0.717) is 23.4 Å². The lowest BCUT2D eigenvalue weighted by Gasteiger charge is -2.11. The molecule has 1 unspecified atom stereocenters. The fourth-order valence-electron chi connectivity index (χ4n) is 3.25. The number of carbonyl (C=O) groups excluding carboxylic acids is 1. The Hall–Kier alpha value is -3.60. The molecule has 0 radical (unpaired) electrons. The molecular weight excluding hydrogens is 376 g/mol. The summed E-state index contributed by atoms with van der Waals surface area (Å²) in [7, 11) is 0. The topological polar surface area (TPSA) is 83.6 Å². The lowest BCUT2D eigenvalue weighted by molar-refractivity contribution is 0.00765. The Kier molecular flexibility index (Phi) is 5.04. The Morgan fingerprint density at radius 1 is 1.21 bits per heavy atom. The van der Waals surface area contributed by atoms with Crippen molar-refractivity contribution < 1.29 is 13.6 Å². The summed E-state index contributed by atoms with van der Waals surface area (Å²) >= 11 is 0. The van der Waals surface area contributed by atoms with E-state index in [9.17, 15) is 13.6 Å². The van der Waals surface area contributed by atoms with Crippen LogP contribution in [0.5, 0.6) is 0 Å². The van der Waals surface area contributed by atoms with Crippen LogP contribution < -0.4 is 5.32 Å². The molecule has 146 valence electrons. The fraction of sp³-hybridized carbons (Fsp3) is 0.238. The molecule has 1 aliphatic rings. The normalized spacial score (nSPS) is 17.4. The number of aromatic amines is 1. The Bertz CT molecular complexity index is 1070. The van der Waals surface area contributed by atoms with Gasteiger partial charge in [0.05, 0.1) is 23.6 Å². The van der Waals surface area contributed by atoms with Crippen molar-refractivity contribution in [3.8, 4) is 11.8 Å². The summed E-state index contributed by atoms with van der Waals surface area (Å²) in [6.07, 6.45) is 6.35. The number of nitrogens with zero attached hydrogens (tertiary/aromatic N) is 3. The van der Waals surface area contributed by atoms with Gasteiger partial charge in [-0.15, -0.1) is 0 Å². The first-order valence-corrected chi connectivity index (χ1v) is 9.11. The molecule has 3 heterocycles. The number of H-pyrrole nitrogens is 1. The molecule has 1 aliphatic carbocycles. The number of anilines is 1. The third kappa shape index (κ3) is 4.46. The van der Waals surface area contributed by atoms with Crippen LogP contribution in [-0.2, 0) is 0 Å². The molecule has 1 amide bonds. The first-order valence-electron chi connectivity index (χ1n) is 9.11. The van der Waals surface area contributed by atoms with Crippen LogP contribution in [0.15, 0.2) is 49.1 Å². The van der Waals surface area contributed by atoms with Crippen LogP contribution in [0.3, 0.4) is 0 Å². The van der Waals surface area contributed by atoms with Crippen LogP contribution in [0.4, 0.5) is 14.5 Å². The lowest BCUT2D eigenvalue weighted by Crippen LogP contribution is -2.14. The van der Waals surface area contributed by atoms with Gasteiger partial charge in [0.1, 0.15) is 5.69 Å². The largest absolute Gasteiger partial charge is 0.319 e. The summed E-state index contributed by atoms with van der Waals surface area (Å²) in [6, 6.07) is 6.93. The quantitative estimate of drug-likeness (QED) is 0.664. The SMILES string of the molecule is O=C(Nc1ccc(C2CCC(F)(F)C2)nc1)c1[nH]ncc1C#Cc1cccnc1. The highest BCUT2D eigenvalue weighted by Gasteiger charge is 2.40. The Morgan fingerprint density at radius 3 is 2.79 bits per heavy atom. The van der Waals surface area contributed by atoms with Crippen LogP contribution in [0, 0.1) is 11.8 Å². The molecule has 0 bridgehead atoms. The zero-order valence-corrected chi connectivity index (χ0v) is 15.3. The van der Waals surface area contributed by atoms with E-state index in [4.69, 9.17) is 0 Å². The summed E-state index contributed by atoms with van der Waals surface area (Å²) in [5.74, 6) is 2.54. The standard InChI is InChI=1S/C21H17F2N5O/c22-21(23)8-7-15(10-21)18-6-5-17(13-25-18)27-20(29)19-16(12-26-28-19)4-3-14-2-1-9-24-11-14/h1-2,5-6,9,11-13,15H,7-8,10H2,(H,26,28)(H,27,29). The van der Waals surface area contributed by atoms with Gasteiger partial charge in [0.15, 0.2) is 0 Å². The van der Waals surface area contributed by atoms with Gasteiger partial charge in [-0.25, -0.2) is 8.78 Å². The Labute approximate surface area is 165 Å². The van der Waals surface area contributed by atoms with E-state index in [1.807, 2.05) is 6.07 Å². The van der Waals surface area contributed by atoms with Crippen molar-refractivity contribution in [3.63, 3.8) is 0 Å². The van der Waals surface area contributed by atoms with E-state index in [1.54, 1.807) is 30.6 Å². The highest BCUT2D eigenvalue weighted by molar-refractivity contribution is 6.04. The van der Waals surface area contributed by atoms with Gasteiger partial charge in [0, 0.05) is 42.4 Å². The highest BCUT2D eigenvalue weighted by atomic mass is 19.3. The third-order valence-corrected chi connectivity index (χ3v) is 4.74. The molecule has 3 aromatic heterocycles. The molecule has 0 spiro atoms. The van der Waals surface area contributed by atoms with Crippen molar-refractivity contribution in [2.24, 2.45) is 0 Å². The second kappa shape index (κ2) is 7.80. The molecule has 3 aromatic rings. The molecule has 0 aliphatic heterocycles. The van der Waals surface area contributed by atoms with Crippen molar-refractivity contribution in [2.45, 2.75) is 31.1 Å². The summed E-state index contributed by atoms with van der Waals surface area (Å²) < 4.78 is 26.8. The van der Waals surface area contributed by atoms with E-state index < -0.39 is 11.8 Å². The van der Waals surface area contributed by atoms with Crippen molar-refractivity contribution in [1.29, 1.82) is 0 Å². The van der Waals surface area contributed by atoms with Gasteiger partial charge in [-0.05, 0) is 30.7 Å². The monoisotopic (exact) mass is 393 g/mol. The number of hydrogen-bond donors (Lipinski definition) is 2. The number of amides is 1. The second-order valence-corrected chi connectivity index (χ2v) is 6.87. The molecular formula is C21H17F2N5O. The van der Waals surface area contributed by atoms with Crippen LogP contribution >= 0.6 is 0 Å². The van der Waals surface area contributed by atoms with Gasteiger partial charge < -0.3 is 5.32 Å². The summed E-state index contributed by atoms with van der Waals surface area (Å²) in [6.45, 7) is 0. The third-order valence-electron chi connectivity index (χ3n) is 4.74. The van der Waals surface area contributed by atoms with Crippen LogP contribution in [0.25, 0.3) is 0 Å². The first-order chi connectivity index (χ1) is 14.0. The minimum Gasteiger partial charge on any atom is -0.319 e. The van der Waals surface area contributed by atoms with E-state index >= 15 is 0 Å². The van der Waals surface area contributed by atoms with Crippen molar-refractivity contribution in [1.82, 2.24) is 20.2 Å². The molecule has 8 heteroatoms. The van der Waals surface area contributed by atoms with E-state index in [0.717, 1.165) is 5.56 Å². The first kappa shape index (κ1) is 18.7. The minimum atomic E-state index is -2.62. The predicted octanol–water partition coefficient (Wildman–Crippen LogP) is 3.75. The number of aromatic nitrogens is 4. The highest BCUT2D eigenvalue weighted by Crippen LogP contribution is 2.43. The molecule has 4 rings (SSSR count). The summed E-state index contributed by atoms with van der Waals surface area (Å²) in [5, 5.41) is 9.25. The van der Waals surface area contributed by atoms with Gasteiger partial charge >= 0.3 is 0 Å². The predicted molar refractivity (Wildman–Crippen MR) is 103 cm³/mol. The Balaban J connectivity index is 1.44. The van der Waals surface area contributed by atoms with Crippen molar-refractivity contribution >= 4 is 11.6 Å². The summed E-state index contributed by atoms with van der Waals surface area (Å²) in [5.41, 5.74) is 2.47. The van der Waals surface area contributed by atoms with Gasteiger partial charge in [-0.3, -0.25) is 19.9 Å². The number of halogens is 2. The van der Waals surface area contributed by atoms with Crippen LogP contribution in [-0.4, -0.2) is 32.0 Å². The van der Waals surface area contributed by atoms with Crippen LogP contribution in [0.2, 0.25) is 0 Å². The average Bonchev–Trinajstić information content (AvgIpc) is 3.34. The van der Waals surface area contributed by atoms with E-state index in [1.165, 1.54) is 12.4 Å². The number of hydrogen-bond acceptors (Lipinski definition) is 4. The maximum atomic E-state index is 13.4. The zero-order valence-electron chi connectivity index (χ0n) is 15.3. The number of alkyl halides is 2. The molecule has 1 atom stereocenters.